The van der Waals surface area contributed by atoms with Gasteiger partial charge in [0.1, 0.15) is 5.78 Å². The van der Waals surface area contributed by atoms with Crippen molar-refractivity contribution in [3.63, 3.8) is 0 Å². The zero-order chi connectivity index (χ0) is 14.3. The largest absolute Gasteiger partial charge is 0.462 e. The maximum atomic E-state index is 11.7. The zero-order valence-electron chi connectivity index (χ0n) is 11.1. The number of hydrogen-bond donors (Lipinski definition) is 1. The highest BCUT2D eigenvalue weighted by Gasteiger charge is 2.14. The van der Waals surface area contributed by atoms with Crippen molar-refractivity contribution < 1.29 is 19.1 Å². The van der Waals surface area contributed by atoms with Crippen molar-refractivity contribution in [1.82, 2.24) is 0 Å². The third-order valence-corrected chi connectivity index (χ3v) is 2.45. The Labute approximate surface area is 111 Å². The van der Waals surface area contributed by atoms with Gasteiger partial charge in [-0.1, -0.05) is 19.1 Å². The molecule has 0 radical (unpaired) electrons. The highest BCUT2D eigenvalue weighted by molar-refractivity contribution is 6.07. The van der Waals surface area contributed by atoms with Gasteiger partial charge in [0, 0.05) is 6.42 Å². The molecule has 0 aliphatic heterocycles. The molecule has 0 saturated carbocycles. The molecule has 0 aromatic heterocycles. The second-order valence-corrected chi connectivity index (χ2v) is 3.88. The van der Waals surface area contributed by atoms with Gasteiger partial charge in [-0.3, -0.25) is 9.59 Å². The van der Waals surface area contributed by atoms with Crippen LogP contribution < -0.4 is 5.32 Å². The van der Waals surface area contributed by atoms with E-state index in [0.717, 1.165) is 0 Å². The first-order valence-electron chi connectivity index (χ1n) is 6.16. The van der Waals surface area contributed by atoms with Crippen LogP contribution in [0.3, 0.4) is 0 Å². The Balaban J connectivity index is 2.80. The van der Waals surface area contributed by atoms with E-state index in [9.17, 15) is 14.4 Å². The molecule has 0 saturated heterocycles. The van der Waals surface area contributed by atoms with Gasteiger partial charge >= 0.3 is 5.97 Å². The van der Waals surface area contributed by atoms with Crippen LogP contribution in [0.4, 0.5) is 5.69 Å². The van der Waals surface area contributed by atoms with Crippen LogP contribution in [0.25, 0.3) is 0 Å². The highest BCUT2D eigenvalue weighted by atomic mass is 16.5. The molecule has 0 unspecified atom stereocenters. The normalized spacial score (nSPS) is 9.79. The molecule has 5 heteroatoms. The van der Waals surface area contributed by atoms with E-state index in [-0.39, 0.29) is 24.4 Å². The van der Waals surface area contributed by atoms with Crippen molar-refractivity contribution in [2.75, 3.05) is 11.9 Å². The summed E-state index contributed by atoms with van der Waals surface area (Å²) in [5.74, 6) is -1.07. The molecule has 1 amide bonds. The van der Waals surface area contributed by atoms with Crippen molar-refractivity contribution in [2.45, 2.75) is 26.7 Å². The van der Waals surface area contributed by atoms with Crippen molar-refractivity contribution in [1.29, 1.82) is 0 Å². The van der Waals surface area contributed by atoms with Crippen LogP contribution in [-0.2, 0) is 14.3 Å². The van der Waals surface area contributed by atoms with Crippen molar-refractivity contribution in [2.24, 2.45) is 0 Å². The number of carbonyl (C=O) groups excluding carboxylic acids is 3. The van der Waals surface area contributed by atoms with E-state index in [1.54, 1.807) is 38.1 Å². The van der Waals surface area contributed by atoms with E-state index in [2.05, 4.69) is 5.32 Å². The van der Waals surface area contributed by atoms with Gasteiger partial charge in [-0.15, -0.1) is 0 Å². The van der Waals surface area contributed by atoms with Crippen LogP contribution >= 0.6 is 0 Å². The Morgan fingerprint density at radius 2 is 1.84 bits per heavy atom. The molecular formula is C14H17NO4. The molecule has 0 bridgehead atoms. The van der Waals surface area contributed by atoms with Gasteiger partial charge in [0.05, 0.1) is 24.3 Å². The summed E-state index contributed by atoms with van der Waals surface area (Å²) in [4.78, 5) is 34.5. The first-order chi connectivity index (χ1) is 9.08. The molecule has 19 heavy (non-hydrogen) atoms. The molecule has 0 aliphatic carbocycles. The number of nitrogens with one attached hydrogen (secondary N) is 1. The predicted molar refractivity (Wildman–Crippen MR) is 70.9 cm³/mol. The Kier molecular flexibility index (Phi) is 5.73. The second-order valence-electron chi connectivity index (χ2n) is 3.88. The Morgan fingerprint density at radius 3 is 2.47 bits per heavy atom. The smallest absolute Gasteiger partial charge is 0.340 e. The van der Waals surface area contributed by atoms with Gasteiger partial charge < -0.3 is 10.1 Å². The number of rotatable bonds is 6. The molecule has 102 valence electrons. The molecule has 1 aromatic carbocycles. The molecule has 0 fully saturated rings. The molecule has 0 atom stereocenters. The van der Waals surface area contributed by atoms with Gasteiger partial charge in [0.2, 0.25) is 5.91 Å². The summed E-state index contributed by atoms with van der Waals surface area (Å²) in [6.07, 6.45) is 0.126. The number of hydrogen-bond acceptors (Lipinski definition) is 4. The minimum absolute atomic E-state index is 0.147. The van der Waals surface area contributed by atoms with Gasteiger partial charge in [-0.05, 0) is 19.1 Å². The first kappa shape index (κ1) is 14.9. The Morgan fingerprint density at radius 1 is 1.16 bits per heavy atom. The van der Waals surface area contributed by atoms with Gasteiger partial charge in [-0.25, -0.2) is 4.79 Å². The molecular weight excluding hydrogens is 246 g/mol. The molecule has 1 N–H and O–H groups in total. The van der Waals surface area contributed by atoms with E-state index >= 15 is 0 Å². The molecule has 0 aliphatic rings. The monoisotopic (exact) mass is 263 g/mol. The number of ketones is 1. The van der Waals surface area contributed by atoms with Crippen molar-refractivity contribution in [3.8, 4) is 0 Å². The standard InChI is InChI=1S/C14H17NO4/c1-3-10(16)9-13(17)15-12-8-6-5-7-11(12)14(18)19-4-2/h5-8H,3-4,9H2,1-2H3,(H,15,17). The number of esters is 1. The van der Waals surface area contributed by atoms with E-state index in [1.807, 2.05) is 0 Å². The summed E-state index contributed by atoms with van der Waals surface area (Å²) in [6, 6.07) is 6.54. The lowest BCUT2D eigenvalue weighted by Crippen LogP contribution is -2.18. The number of benzene rings is 1. The van der Waals surface area contributed by atoms with Gasteiger partial charge in [0.15, 0.2) is 0 Å². The van der Waals surface area contributed by atoms with Crippen LogP contribution in [0.15, 0.2) is 24.3 Å². The lowest BCUT2D eigenvalue weighted by atomic mass is 10.1. The first-order valence-corrected chi connectivity index (χ1v) is 6.16. The lowest BCUT2D eigenvalue weighted by molar-refractivity contribution is -0.125. The minimum Gasteiger partial charge on any atom is -0.462 e. The average Bonchev–Trinajstić information content (AvgIpc) is 2.39. The van der Waals surface area contributed by atoms with Crippen molar-refractivity contribution >= 4 is 23.3 Å². The predicted octanol–water partition coefficient (Wildman–Crippen LogP) is 2.17. The van der Waals surface area contributed by atoms with Gasteiger partial charge in [-0.2, -0.15) is 0 Å². The third-order valence-electron chi connectivity index (χ3n) is 2.45. The fraction of sp³-hybridized carbons (Fsp3) is 0.357. The Bertz CT molecular complexity index is 482. The quantitative estimate of drug-likeness (QED) is 0.630. The molecule has 1 rings (SSSR count). The average molecular weight is 263 g/mol. The summed E-state index contributed by atoms with van der Waals surface area (Å²) in [6.45, 7) is 3.66. The number of ether oxygens (including phenoxy) is 1. The Hall–Kier alpha value is -2.17. The number of amides is 1. The van der Waals surface area contributed by atoms with E-state index in [0.29, 0.717) is 12.1 Å². The SMILES string of the molecule is CCOC(=O)c1ccccc1NC(=O)CC(=O)CC. The summed E-state index contributed by atoms with van der Waals surface area (Å²) < 4.78 is 4.90. The number of carbonyl (C=O) groups is 3. The number of anilines is 1. The zero-order valence-corrected chi connectivity index (χ0v) is 11.1. The maximum absolute atomic E-state index is 11.7. The van der Waals surface area contributed by atoms with E-state index in [1.165, 1.54) is 0 Å². The summed E-state index contributed by atoms with van der Waals surface area (Å²) in [5.41, 5.74) is 0.636. The molecule has 0 spiro atoms. The van der Waals surface area contributed by atoms with Crippen molar-refractivity contribution in [3.05, 3.63) is 29.8 Å². The van der Waals surface area contributed by atoms with Crippen LogP contribution in [0.2, 0.25) is 0 Å². The van der Waals surface area contributed by atoms with Crippen LogP contribution in [-0.4, -0.2) is 24.3 Å². The summed E-state index contributed by atoms with van der Waals surface area (Å²) in [5, 5.41) is 2.55. The summed E-state index contributed by atoms with van der Waals surface area (Å²) in [7, 11) is 0. The van der Waals surface area contributed by atoms with Crippen LogP contribution in [0.5, 0.6) is 0 Å². The second kappa shape index (κ2) is 7.31. The molecule has 0 heterocycles. The van der Waals surface area contributed by atoms with Gasteiger partial charge in [0.25, 0.3) is 0 Å². The number of Topliss-reactive ketones (excluding diaryl/α,β-unsaturated/α-hetero) is 1. The summed E-state index contributed by atoms with van der Waals surface area (Å²) >= 11 is 0. The number of para-hydroxylation sites is 1. The van der Waals surface area contributed by atoms with Crippen LogP contribution in [0.1, 0.15) is 37.0 Å². The maximum Gasteiger partial charge on any atom is 0.340 e. The topological polar surface area (TPSA) is 72.5 Å². The fourth-order valence-electron chi connectivity index (χ4n) is 1.48. The fourth-order valence-corrected chi connectivity index (χ4v) is 1.48. The van der Waals surface area contributed by atoms with E-state index < -0.39 is 11.9 Å². The lowest BCUT2D eigenvalue weighted by Gasteiger charge is -2.09. The molecule has 5 nitrogen and oxygen atoms in total. The highest BCUT2D eigenvalue weighted by Crippen LogP contribution is 2.16. The minimum atomic E-state index is -0.500. The van der Waals surface area contributed by atoms with E-state index in [4.69, 9.17) is 4.74 Å². The third kappa shape index (κ3) is 4.54. The molecule has 1 aromatic rings. The van der Waals surface area contributed by atoms with Crippen LogP contribution in [0, 0.1) is 0 Å².